The van der Waals surface area contributed by atoms with Crippen LogP contribution in [0.5, 0.6) is 0 Å². The Kier molecular flexibility index (Phi) is 5.18. The molecule has 0 aliphatic heterocycles. The van der Waals surface area contributed by atoms with Crippen LogP contribution in [0, 0.1) is 0 Å². The summed E-state index contributed by atoms with van der Waals surface area (Å²) in [5.41, 5.74) is 2.28. The lowest BCUT2D eigenvalue weighted by Gasteiger charge is -1.96. The summed E-state index contributed by atoms with van der Waals surface area (Å²) in [6.07, 6.45) is 10.2. The molecule has 0 aromatic rings. The molecule has 0 heterocycles. The van der Waals surface area contributed by atoms with Crippen molar-refractivity contribution >= 4 is 0 Å². The molecular formula is C11H16. The Balaban J connectivity index is 4.45. The van der Waals surface area contributed by atoms with Crippen molar-refractivity contribution in [1.29, 1.82) is 0 Å². The van der Waals surface area contributed by atoms with E-state index in [0.717, 1.165) is 5.57 Å². The maximum Gasteiger partial charge on any atom is -0.0237 e. The van der Waals surface area contributed by atoms with Crippen LogP contribution in [0.4, 0.5) is 0 Å². The van der Waals surface area contributed by atoms with Crippen molar-refractivity contribution in [3.05, 3.63) is 48.1 Å². The van der Waals surface area contributed by atoms with E-state index in [9.17, 15) is 0 Å². The fourth-order valence-electron chi connectivity index (χ4n) is 0.720. The van der Waals surface area contributed by atoms with Gasteiger partial charge in [0.2, 0.25) is 0 Å². The van der Waals surface area contributed by atoms with E-state index in [1.165, 1.54) is 5.57 Å². The summed E-state index contributed by atoms with van der Waals surface area (Å²) in [4.78, 5) is 0. The second-order valence-corrected chi connectivity index (χ2v) is 2.43. The van der Waals surface area contributed by atoms with Crippen LogP contribution < -0.4 is 0 Å². The van der Waals surface area contributed by atoms with E-state index >= 15 is 0 Å². The summed E-state index contributed by atoms with van der Waals surface area (Å²) in [6, 6.07) is 0. The molecule has 60 valence electrons. The smallest absolute Gasteiger partial charge is 0.0237 e. The average molecular weight is 148 g/mol. The van der Waals surface area contributed by atoms with Gasteiger partial charge in [-0.25, -0.2) is 0 Å². The van der Waals surface area contributed by atoms with Crippen LogP contribution in [0.25, 0.3) is 0 Å². The standard InChI is InChI=1S/C11H16/c1-5-7-9-11(8-6-2)10(3)4/h5-9H,3H2,1-2,4H3/b7-5+,8-6+,11-9+. The third-order valence-corrected chi connectivity index (χ3v) is 1.31. The molecule has 0 aromatic carbocycles. The molecule has 0 rings (SSSR count). The minimum absolute atomic E-state index is 1.10. The van der Waals surface area contributed by atoms with Crippen molar-refractivity contribution in [1.82, 2.24) is 0 Å². The van der Waals surface area contributed by atoms with Gasteiger partial charge in [-0.15, -0.1) is 0 Å². The van der Waals surface area contributed by atoms with Crippen LogP contribution in [0.2, 0.25) is 0 Å². The van der Waals surface area contributed by atoms with E-state index < -0.39 is 0 Å². The zero-order valence-electron chi connectivity index (χ0n) is 7.59. The average Bonchev–Trinajstić information content (AvgIpc) is 1.97. The highest BCUT2D eigenvalue weighted by Crippen LogP contribution is 2.08. The Hall–Kier alpha value is -1.04. The van der Waals surface area contributed by atoms with Gasteiger partial charge in [-0.3, -0.25) is 0 Å². The summed E-state index contributed by atoms with van der Waals surface area (Å²) in [6.45, 7) is 9.89. The van der Waals surface area contributed by atoms with Gasteiger partial charge in [0.25, 0.3) is 0 Å². The van der Waals surface area contributed by atoms with Crippen LogP contribution in [-0.4, -0.2) is 0 Å². The molecule has 0 fully saturated rings. The first-order valence-electron chi connectivity index (χ1n) is 3.84. The summed E-state index contributed by atoms with van der Waals surface area (Å²) in [5.74, 6) is 0. The fraction of sp³-hybridized carbons (Fsp3) is 0.273. The van der Waals surface area contributed by atoms with Crippen molar-refractivity contribution in [3.63, 3.8) is 0 Å². The first-order chi connectivity index (χ1) is 5.22. The topological polar surface area (TPSA) is 0 Å². The minimum atomic E-state index is 1.10. The van der Waals surface area contributed by atoms with E-state index in [4.69, 9.17) is 0 Å². The first-order valence-corrected chi connectivity index (χ1v) is 3.84. The van der Waals surface area contributed by atoms with E-state index in [1.54, 1.807) is 0 Å². The van der Waals surface area contributed by atoms with Crippen LogP contribution in [0.1, 0.15) is 20.8 Å². The SMILES string of the molecule is C=C(C)C(/C=C/C)=C/C=C/C. The molecule has 0 aromatic heterocycles. The van der Waals surface area contributed by atoms with Crippen molar-refractivity contribution in [2.75, 3.05) is 0 Å². The van der Waals surface area contributed by atoms with E-state index in [2.05, 4.69) is 18.7 Å². The normalized spacial score (nSPS) is 13.2. The molecule has 0 N–H and O–H groups in total. The van der Waals surface area contributed by atoms with Gasteiger partial charge in [-0.05, 0) is 26.3 Å². The summed E-state index contributed by atoms with van der Waals surface area (Å²) < 4.78 is 0. The molecule has 0 saturated carbocycles. The highest BCUT2D eigenvalue weighted by Gasteiger charge is 1.87. The lowest BCUT2D eigenvalue weighted by Crippen LogP contribution is -1.76. The number of rotatable bonds is 3. The lowest BCUT2D eigenvalue weighted by molar-refractivity contribution is 1.44. The van der Waals surface area contributed by atoms with Gasteiger partial charge < -0.3 is 0 Å². The molecule has 0 atom stereocenters. The molecular weight excluding hydrogens is 132 g/mol. The third-order valence-electron chi connectivity index (χ3n) is 1.31. The maximum absolute atomic E-state index is 3.87. The number of allylic oxidation sites excluding steroid dienone is 7. The molecule has 0 unspecified atom stereocenters. The van der Waals surface area contributed by atoms with Crippen LogP contribution in [0.3, 0.4) is 0 Å². The van der Waals surface area contributed by atoms with Gasteiger partial charge in [-0.2, -0.15) is 0 Å². The van der Waals surface area contributed by atoms with Crippen molar-refractivity contribution in [2.24, 2.45) is 0 Å². The highest BCUT2D eigenvalue weighted by molar-refractivity contribution is 5.38. The van der Waals surface area contributed by atoms with Crippen LogP contribution >= 0.6 is 0 Å². The molecule has 0 spiro atoms. The van der Waals surface area contributed by atoms with Gasteiger partial charge in [0.1, 0.15) is 0 Å². The Morgan fingerprint density at radius 1 is 1.18 bits per heavy atom. The minimum Gasteiger partial charge on any atom is -0.0955 e. The van der Waals surface area contributed by atoms with E-state index in [1.807, 2.05) is 39.0 Å². The number of hydrogen-bond donors (Lipinski definition) is 0. The largest absolute Gasteiger partial charge is 0.0955 e. The molecule has 0 saturated heterocycles. The third kappa shape index (κ3) is 4.38. The molecule has 0 bridgehead atoms. The second-order valence-electron chi connectivity index (χ2n) is 2.43. The van der Waals surface area contributed by atoms with Gasteiger partial charge in [0.05, 0.1) is 0 Å². The zero-order valence-corrected chi connectivity index (χ0v) is 7.59. The molecule has 0 radical (unpaired) electrons. The van der Waals surface area contributed by atoms with Crippen molar-refractivity contribution in [3.8, 4) is 0 Å². The Bertz CT molecular complexity index is 202. The fourth-order valence-corrected chi connectivity index (χ4v) is 0.720. The van der Waals surface area contributed by atoms with Gasteiger partial charge in [0, 0.05) is 0 Å². The quantitative estimate of drug-likeness (QED) is 0.536. The summed E-state index contributed by atoms with van der Waals surface area (Å²) in [5, 5.41) is 0. The molecule has 0 amide bonds. The lowest BCUT2D eigenvalue weighted by atomic mass is 10.1. The van der Waals surface area contributed by atoms with Crippen molar-refractivity contribution < 1.29 is 0 Å². The maximum atomic E-state index is 3.87. The molecule has 0 aliphatic carbocycles. The van der Waals surface area contributed by atoms with E-state index in [-0.39, 0.29) is 0 Å². The van der Waals surface area contributed by atoms with E-state index in [0.29, 0.717) is 0 Å². The van der Waals surface area contributed by atoms with Crippen LogP contribution in [0.15, 0.2) is 48.1 Å². The first kappa shape index (κ1) is 9.96. The Morgan fingerprint density at radius 2 is 1.82 bits per heavy atom. The zero-order chi connectivity index (χ0) is 8.69. The monoisotopic (exact) mass is 148 g/mol. The summed E-state index contributed by atoms with van der Waals surface area (Å²) in [7, 11) is 0. The van der Waals surface area contributed by atoms with Crippen LogP contribution in [-0.2, 0) is 0 Å². The molecule has 0 nitrogen and oxygen atoms in total. The van der Waals surface area contributed by atoms with Crippen molar-refractivity contribution in [2.45, 2.75) is 20.8 Å². The molecule has 11 heavy (non-hydrogen) atoms. The highest BCUT2D eigenvalue weighted by atomic mass is 13.9. The predicted molar refractivity (Wildman–Crippen MR) is 52.5 cm³/mol. The molecule has 0 heteroatoms. The Morgan fingerprint density at radius 3 is 2.18 bits per heavy atom. The summed E-state index contributed by atoms with van der Waals surface area (Å²) >= 11 is 0. The predicted octanol–water partition coefficient (Wildman–Crippen LogP) is 3.64. The van der Waals surface area contributed by atoms with Gasteiger partial charge >= 0.3 is 0 Å². The van der Waals surface area contributed by atoms with Gasteiger partial charge in [0.15, 0.2) is 0 Å². The second kappa shape index (κ2) is 5.72. The molecule has 0 aliphatic rings. The van der Waals surface area contributed by atoms with Gasteiger partial charge in [-0.1, -0.05) is 42.5 Å². The Labute approximate surface area is 69.6 Å². The number of hydrogen-bond acceptors (Lipinski definition) is 0.